The quantitative estimate of drug-likeness (QED) is 0.214. The Labute approximate surface area is 208 Å². The van der Waals surface area contributed by atoms with Crippen molar-refractivity contribution in [2.24, 2.45) is 0 Å². The number of nitrogens with one attached hydrogen (secondary N) is 2. The Morgan fingerprint density at radius 2 is 1.71 bits per heavy atom. The largest absolute Gasteiger partial charge is 0.480 e. The highest BCUT2D eigenvalue weighted by atomic mass is 79.9. The Morgan fingerprint density at radius 1 is 1.00 bits per heavy atom. The fraction of sp³-hybridized carbons (Fsp3) is 0.0800. The number of non-ortho nitro benzene ring substituents is 1. The van der Waals surface area contributed by atoms with Crippen LogP contribution in [0.5, 0.6) is 0 Å². The molecule has 0 saturated carbocycles. The maximum Gasteiger partial charge on any atom is 0.326 e. The maximum absolute atomic E-state index is 13.1. The van der Waals surface area contributed by atoms with Crippen LogP contribution >= 0.6 is 15.9 Å². The van der Waals surface area contributed by atoms with Crippen molar-refractivity contribution in [3.63, 3.8) is 0 Å². The molecule has 0 aromatic heterocycles. The highest BCUT2D eigenvalue weighted by molar-refractivity contribution is 9.10. The number of nitro groups is 1. The minimum Gasteiger partial charge on any atom is -0.480 e. The number of amides is 2. The molecule has 3 aromatic rings. The molecule has 3 N–H and O–H groups in total. The molecule has 9 nitrogen and oxygen atoms in total. The van der Waals surface area contributed by atoms with Crippen LogP contribution in [0.4, 0.5) is 5.69 Å². The smallest absolute Gasteiger partial charge is 0.326 e. The van der Waals surface area contributed by atoms with Crippen LogP contribution in [-0.4, -0.2) is 33.9 Å². The summed E-state index contributed by atoms with van der Waals surface area (Å²) < 4.78 is 0.646. The molecule has 0 fully saturated rings. The van der Waals surface area contributed by atoms with Crippen molar-refractivity contribution in [3.8, 4) is 0 Å². The monoisotopic (exact) mass is 537 g/mol. The molecule has 0 aliphatic carbocycles. The number of carboxylic acids is 1. The third-order valence-electron chi connectivity index (χ3n) is 4.86. The summed E-state index contributed by atoms with van der Waals surface area (Å²) in [5.74, 6) is -2.73. The molecule has 0 aliphatic rings. The predicted molar refractivity (Wildman–Crippen MR) is 132 cm³/mol. The van der Waals surface area contributed by atoms with Crippen LogP contribution in [0.15, 0.2) is 89.0 Å². The van der Waals surface area contributed by atoms with E-state index in [1.54, 1.807) is 54.6 Å². The predicted octanol–water partition coefficient (Wildman–Crippen LogP) is 3.94. The number of nitrogens with zero attached hydrogens (tertiary/aromatic N) is 1. The summed E-state index contributed by atoms with van der Waals surface area (Å²) in [7, 11) is 0. The van der Waals surface area contributed by atoms with Gasteiger partial charge in [0.05, 0.1) is 4.92 Å². The summed E-state index contributed by atoms with van der Waals surface area (Å²) in [6.45, 7) is 0. The number of halogens is 1. The van der Waals surface area contributed by atoms with E-state index >= 15 is 0 Å². The van der Waals surface area contributed by atoms with Gasteiger partial charge in [0.1, 0.15) is 11.7 Å². The second-order valence-corrected chi connectivity index (χ2v) is 8.34. The zero-order valence-electron chi connectivity index (χ0n) is 18.2. The number of carbonyl (C=O) groups excluding carboxylic acids is 2. The summed E-state index contributed by atoms with van der Waals surface area (Å²) in [5.41, 5.74) is 0.742. The van der Waals surface area contributed by atoms with Crippen molar-refractivity contribution in [1.29, 1.82) is 0 Å². The second-order valence-electron chi connectivity index (χ2n) is 7.43. The Hall–Kier alpha value is -4.31. The first kappa shape index (κ1) is 25.3. The molecule has 0 bridgehead atoms. The Bertz CT molecular complexity index is 1290. The van der Waals surface area contributed by atoms with E-state index in [0.29, 0.717) is 10.0 Å². The average molecular weight is 538 g/mol. The van der Waals surface area contributed by atoms with E-state index in [2.05, 4.69) is 26.6 Å². The summed E-state index contributed by atoms with van der Waals surface area (Å²) >= 11 is 3.28. The van der Waals surface area contributed by atoms with Crippen LogP contribution in [-0.2, 0) is 16.0 Å². The average Bonchev–Trinajstić information content (AvgIpc) is 2.83. The fourth-order valence-corrected chi connectivity index (χ4v) is 3.56. The van der Waals surface area contributed by atoms with E-state index in [0.717, 1.165) is 0 Å². The molecular formula is C25H20BrN3O6. The van der Waals surface area contributed by atoms with Gasteiger partial charge in [0.25, 0.3) is 17.5 Å². The number of benzene rings is 3. The zero-order chi connectivity index (χ0) is 25.4. The summed E-state index contributed by atoms with van der Waals surface area (Å²) in [6, 6.07) is 19.4. The van der Waals surface area contributed by atoms with E-state index in [9.17, 15) is 29.6 Å². The van der Waals surface area contributed by atoms with Gasteiger partial charge in [-0.25, -0.2) is 4.79 Å². The van der Waals surface area contributed by atoms with Crippen LogP contribution in [0, 0.1) is 10.1 Å². The number of aliphatic carboxylic acids is 1. The van der Waals surface area contributed by atoms with Crippen molar-refractivity contribution in [2.45, 2.75) is 12.5 Å². The lowest BCUT2D eigenvalue weighted by molar-refractivity contribution is -0.384. The van der Waals surface area contributed by atoms with Crippen molar-refractivity contribution in [1.82, 2.24) is 10.6 Å². The molecule has 0 heterocycles. The minimum absolute atomic E-state index is 0.0194. The van der Waals surface area contributed by atoms with Crippen molar-refractivity contribution >= 4 is 45.5 Å². The zero-order valence-corrected chi connectivity index (χ0v) is 19.8. The number of nitro benzene ring substituents is 1. The normalized spacial score (nSPS) is 11.9. The number of carbonyl (C=O) groups is 3. The summed E-state index contributed by atoms with van der Waals surface area (Å²) in [4.78, 5) is 48.3. The Kier molecular flexibility index (Phi) is 8.47. The highest BCUT2D eigenvalue weighted by Gasteiger charge is 2.24. The lowest BCUT2D eigenvalue weighted by Gasteiger charge is -2.17. The van der Waals surface area contributed by atoms with Gasteiger partial charge in [0.15, 0.2) is 0 Å². The van der Waals surface area contributed by atoms with Gasteiger partial charge in [-0.3, -0.25) is 19.7 Å². The van der Waals surface area contributed by atoms with E-state index in [4.69, 9.17) is 0 Å². The van der Waals surface area contributed by atoms with Gasteiger partial charge in [0, 0.05) is 28.6 Å². The van der Waals surface area contributed by atoms with Crippen molar-refractivity contribution in [3.05, 3.63) is 116 Å². The Morgan fingerprint density at radius 3 is 2.37 bits per heavy atom. The van der Waals surface area contributed by atoms with Crippen LogP contribution in [0.25, 0.3) is 6.08 Å². The SMILES string of the molecule is O=C(N[C@H](Cc1ccccc1)C(=O)O)/C(=C/c1cccc([N+](=O)[O-])c1)NC(=O)c1cccc(Br)c1. The van der Waals surface area contributed by atoms with Gasteiger partial charge in [-0.1, -0.05) is 64.5 Å². The number of hydrogen-bond acceptors (Lipinski definition) is 5. The van der Waals surface area contributed by atoms with Gasteiger partial charge in [-0.05, 0) is 35.4 Å². The number of rotatable bonds is 9. The Balaban J connectivity index is 1.92. The molecule has 0 saturated heterocycles. The first-order valence-electron chi connectivity index (χ1n) is 10.3. The standard InChI is InChI=1S/C25H20BrN3O6/c26-19-10-5-9-18(15-19)23(30)27-21(14-17-8-4-11-20(12-17)29(34)35)24(31)28-22(25(32)33)13-16-6-2-1-3-7-16/h1-12,14-15,22H,13H2,(H,27,30)(H,28,31)(H,32,33)/b21-14-/t22-/m1/s1. The van der Waals surface area contributed by atoms with Crippen molar-refractivity contribution < 1.29 is 24.4 Å². The van der Waals surface area contributed by atoms with Crippen LogP contribution in [0.1, 0.15) is 21.5 Å². The molecule has 3 rings (SSSR count). The highest BCUT2D eigenvalue weighted by Crippen LogP contribution is 2.17. The lowest BCUT2D eigenvalue weighted by Crippen LogP contribution is -2.45. The van der Waals surface area contributed by atoms with Gasteiger partial charge in [-0.2, -0.15) is 0 Å². The number of carboxylic acid groups (broad SMARTS) is 1. The van der Waals surface area contributed by atoms with Crippen LogP contribution < -0.4 is 10.6 Å². The second kappa shape index (κ2) is 11.7. The summed E-state index contributed by atoms with van der Waals surface area (Å²) in [5, 5.41) is 25.7. The van der Waals surface area contributed by atoms with Crippen molar-refractivity contribution in [2.75, 3.05) is 0 Å². The van der Waals surface area contributed by atoms with E-state index in [-0.39, 0.29) is 28.9 Å². The fourth-order valence-electron chi connectivity index (χ4n) is 3.16. The van der Waals surface area contributed by atoms with E-state index < -0.39 is 28.7 Å². The molecule has 0 spiro atoms. The minimum atomic E-state index is -1.28. The van der Waals surface area contributed by atoms with E-state index in [1.165, 1.54) is 30.3 Å². The van der Waals surface area contributed by atoms with Crippen LogP contribution in [0.3, 0.4) is 0 Å². The molecule has 178 valence electrons. The number of hydrogen-bond donors (Lipinski definition) is 3. The van der Waals surface area contributed by atoms with E-state index in [1.807, 2.05) is 0 Å². The van der Waals surface area contributed by atoms with Gasteiger partial charge >= 0.3 is 5.97 Å². The molecule has 1 atom stereocenters. The molecule has 0 unspecified atom stereocenters. The van der Waals surface area contributed by atoms with Gasteiger partial charge in [-0.15, -0.1) is 0 Å². The molecule has 3 aromatic carbocycles. The third-order valence-corrected chi connectivity index (χ3v) is 5.35. The van der Waals surface area contributed by atoms with Crippen LogP contribution in [0.2, 0.25) is 0 Å². The molecule has 0 aliphatic heterocycles. The molecule has 35 heavy (non-hydrogen) atoms. The molecule has 2 amide bonds. The maximum atomic E-state index is 13.1. The molecular weight excluding hydrogens is 518 g/mol. The lowest BCUT2D eigenvalue weighted by atomic mass is 10.1. The topological polar surface area (TPSA) is 139 Å². The molecule has 0 radical (unpaired) electrons. The molecule has 10 heteroatoms. The van der Waals surface area contributed by atoms with Gasteiger partial charge < -0.3 is 15.7 Å². The first-order valence-corrected chi connectivity index (χ1v) is 11.1. The first-order chi connectivity index (χ1) is 16.7. The summed E-state index contributed by atoms with van der Waals surface area (Å²) in [6.07, 6.45) is 1.27. The third kappa shape index (κ3) is 7.34. The van der Waals surface area contributed by atoms with Gasteiger partial charge in [0.2, 0.25) is 0 Å².